The summed E-state index contributed by atoms with van der Waals surface area (Å²) < 4.78 is 5.96. The van der Waals surface area contributed by atoms with Gasteiger partial charge in [-0.05, 0) is 24.3 Å². The molecule has 0 N–H and O–H groups in total. The van der Waals surface area contributed by atoms with Crippen LogP contribution in [0.2, 0.25) is 0 Å². The van der Waals surface area contributed by atoms with Crippen LogP contribution in [0.5, 0.6) is 0 Å². The van der Waals surface area contributed by atoms with Gasteiger partial charge in [0.15, 0.2) is 5.82 Å². The summed E-state index contributed by atoms with van der Waals surface area (Å²) in [6, 6.07) is 9.98. The second kappa shape index (κ2) is 5.84. The Morgan fingerprint density at radius 3 is 2.82 bits per heavy atom. The van der Waals surface area contributed by atoms with Gasteiger partial charge in [-0.2, -0.15) is 10.2 Å². The van der Waals surface area contributed by atoms with E-state index < -0.39 is 0 Å². The molecule has 0 saturated carbocycles. The fourth-order valence-electron chi connectivity index (χ4n) is 1.17. The Labute approximate surface area is 111 Å². The molecule has 4 nitrogen and oxygen atoms in total. The summed E-state index contributed by atoms with van der Waals surface area (Å²) in [7, 11) is 0. The summed E-state index contributed by atoms with van der Waals surface area (Å²) in [4.78, 5) is 5.24. The van der Waals surface area contributed by atoms with Crippen LogP contribution < -0.4 is 0 Å². The molecule has 0 saturated heterocycles. The third-order valence-electron chi connectivity index (χ3n) is 1.92. The van der Waals surface area contributed by atoms with Crippen molar-refractivity contribution >= 4 is 27.7 Å². The van der Waals surface area contributed by atoms with Gasteiger partial charge >= 0.3 is 0 Å². The molecule has 0 spiro atoms. The van der Waals surface area contributed by atoms with Crippen molar-refractivity contribution in [3.05, 3.63) is 40.5 Å². The van der Waals surface area contributed by atoms with Crippen molar-refractivity contribution in [3.63, 3.8) is 0 Å². The van der Waals surface area contributed by atoms with E-state index in [0.717, 1.165) is 9.37 Å². The Balaban J connectivity index is 1.93. The molecule has 0 amide bonds. The Hall–Kier alpha value is -1.32. The average Bonchev–Trinajstić information content (AvgIpc) is 2.77. The molecule has 86 valence electrons. The molecule has 17 heavy (non-hydrogen) atoms. The normalized spacial score (nSPS) is 10.1. The molecule has 1 aromatic carbocycles. The number of hydrogen-bond donors (Lipinski definition) is 0. The molecule has 1 aromatic heterocycles. The van der Waals surface area contributed by atoms with Crippen molar-refractivity contribution in [2.75, 3.05) is 0 Å². The van der Waals surface area contributed by atoms with E-state index in [1.54, 1.807) is 11.8 Å². The van der Waals surface area contributed by atoms with Gasteiger partial charge in [0.1, 0.15) is 6.42 Å². The molecule has 0 fully saturated rings. The van der Waals surface area contributed by atoms with E-state index in [2.05, 4.69) is 26.1 Å². The summed E-state index contributed by atoms with van der Waals surface area (Å²) in [6.45, 7) is 0. The number of benzene rings is 1. The molecule has 0 bridgehead atoms. The second-order valence-corrected chi connectivity index (χ2v) is 5.15. The summed E-state index contributed by atoms with van der Waals surface area (Å²) in [5.74, 6) is 1.62. The molecule has 1 heterocycles. The lowest BCUT2D eigenvalue weighted by atomic mass is 10.4. The lowest BCUT2D eigenvalue weighted by molar-refractivity contribution is 0.383. The van der Waals surface area contributed by atoms with E-state index in [1.165, 1.54) is 0 Å². The van der Waals surface area contributed by atoms with Gasteiger partial charge in [-0.3, -0.25) is 0 Å². The maximum Gasteiger partial charge on any atom is 0.240 e. The minimum absolute atomic E-state index is 0.163. The standard InChI is InChI=1S/C11H8BrN3OS/c12-8-1-3-9(4-2-8)17-7-10-14-11(5-6-13)16-15-10/h1-4H,5,7H2. The summed E-state index contributed by atoms with van der Waals surface area (Å²) >= 11 is 5.01. The van der Waals surface area contributed by atoms with Gasteiger partial charge in [0.05, 0.1) is 11.8 Å². The Bertz CT molecular complexity index is 532. The van der Waals surface area contributed by atoms with Crippen molar-refractivity contribution in [1.29, 1.82) is 5.26 Å². The molecule has 0 atom stereocenters. The second-order valence-electron chi connectivity index (χ2n) is 3.18. The first kappa shape index (κ1) is 12.1. The van der Waals surface area contributed by atoms with E-state index in [0.29, 0.717) is 17.5 Å². The number of nitriles is 1. The highest BCUT2D eigenvalue weighted by Crippen LogP contribution is 2.23. The number of hydrogen-bond acceptors (Lipinski definition) is 5. The van der Waals surface area contributed by atoms with Gasteiger partial charge in [0.2, 0.25) is 5.89 Å². The van der Waals surface area contributed by atoms with Crippen LogP contribution in [0.4, 0.5) is 0 Å². The summed E-state index contributed by atoms with van der Waals surface area (Å²) in [5.41, 5.74) is 0. The molecule has 2 aromatic rings. The molecular weight excluding hydrogens is 302 g/mol. The first-order chi connectivity index (χ1) is 8.28. The SMILES string of the molecule is N#CCc1nc(CSc2ccc(Br)cc2)no1. The lowest BCUT2D eigenvalue weighted by Crippen LogP contribution is -1.85. The van der Waals surface area contributed by atoms with Crippen molar-refractivity contribution in [2.24, 2.45) is 0 Å². The molecule has 6 heteroatoms. The number of nitrogens with zero attached hydrogens (tertiary/aromatic N) is 3. The van der Waals surface area contributed by atoms with Gasteiger partial charge in [0.25, 0.3) is 0 Å². The zero-order valence-electron chi connectivity index (χ0n) is 8.76. The van der Waals surface area contributed by atoms with Crippen LogP contribution >= 0.6 is 27.7 Å². The van der Waals surface area contributed by atoms with Crippen LogP contribution in [0.3, 0.4) is 0 Å². The Morgan fingerprint density at radius 2 is 2.12 bits per heavy atom. The molecule has 0 radical (unpaired) electrons. The molecule has 0 unspecified atom stereocenters. The molecule has 2 rings (SSSR count). The number of aromatic nitrogens is 2. The van der Waals surface area contributed by atoms with E-state index >= 15 is 0 Å². The van der Waals surface area contributed by atoms with Crippen LogP contribution in [0.15, 0.2) is 38.2 Å². The topological polar surface area (TPSA) is 62.7 Å². The third-order valence-corrected chi connectivity index (χ3v) is 3.46. The van der Waals surface area contributed by atoms with Gasteiger partial charge < -0.3 is 4.52 Å². The molecule has 0 aliphatic rings. The summed E-state index contributed by atoms with van der Waals surface area (Å²) in [5, 5.41) is 12.3. The van der Waals surface area contributed by atoms with Crippen molar-refractivity contribution in [1.82, 2.24) is 10.1 Å². The van der Waals surface area contributed by atoms with Gasteiger partial charge in [-0.1, -0.05) is 21.1 Å². The zero-order chi connectivity index (χ0) is 12.1. The highest BCUT2D eigenvalue weighted by molar-refractivity contribution is 9.10. The largest absolute Gasteiger partial charge is 0.338 e. The smallest absolute Gasteiger partial charge is 0.240 e. The summed E-state index contributed by atoms with van der Waals surface area (Å²) in [6.07, 6.45) is 0.163. The fourth-order valence-corrected chi connectivity index (χ4v) is 2.17. The van der Waals surface area contributed by atoms with Crippen LogP contribution in [-0.2, 0) is 12.2 Å². The van der Waals surface area contributed by atoms with E-state index in [-0.39, 0.29) is 6.42 Å². The number of thioether (sulfide) groups is 1. The van der Waals surface area contributed by atoms with E-state index in [9.17, 15) is 0 Å². The Morgan fingerprint density at radius 1 is 1.35 bits per heavy atom. The van der Waals surface area contributed by atoms with Crippen molar-refractivity contribution < 1.29 is 4.52 Å². The number of halogens is 1. The lowest BCUT2D eigenvalue weighted by Gasteiger charge is -1.97. The monoisotopic (exact) mass is 309 g/mol. The van der Waals surface area contributed by atoms with Crippen LogP contribution in [-0.4, -0.2) is 10.1 Å². The quantitative estimate of drug-likeness (QED) is 0.812. The maximum atomic E-state index is 8.48. The van der Waals surface area contributed by atoms with Crippen molar-refractivity contribution in [3.8, 4) is 6.07 Å². The zero-order valence-corrected chi connectivity index (χ0v) is 11.2. The number of rotatable bonds is 4. The van der Waals surface area contributed by atoms with Crippen LogP contribution in [0, 0.1) is 11.3 Å². The first-order valence-corrected chi connectivity index (χ1v) is 6.62. The Kier molecular flexibility index (Phi) is 4.18. The molecule has 0 aliphatic heterocycles. The predicted molar refractivity (Wildman–Crippen MR) is 67.3 cm³/mol. The minimum Gasteiger partial charge on any atom is -0.338 e. The minimum atomic E-state index is 0.163. The highest BCUT2D eigenvalue weighted by atomic mass is 79.9. The van der Waals surface area contributed by atoms with Crippen molar-refractivity contribution in [2.45, 2.75) is 17.1 Å². The molecule has 0 aliphatic carbocycles. The predicted octanol–water partition coefficient (Wildman–Crippen LogP) is 3.19. The van der Waals surface area contributed by atoms with Crippen LogP contribution in [0.1, 0.15) is 11.7 Å². The first-order valence-electron chi connectivity index (χ1n) is 4.84. The fraction of sp³-hybridized carbons (Fsp3) is 0.182. The highest BCUT2D eigenvalue weighted by Gasteiger charge is 2.06. The average molecular weight is 310 g/mol. The van der Waals surface area contributed by atoms with Gasteiger partial charge in [-0.15, -0.1) is 11.8 Å². The maximum absolute atomic E-state index is 8.48. The molecular formula is C11H8BrN3OS. The van der Waals surface area contributed by atoms with Crippen LogP contribution in [0.25, 0.3) is 0 Å². The third kappa shape index (κ3) is 3.58. The van der Waals surface area contributed by atoms with E-state index in [1.807, 2.05) is 30.3 Å². The van der Waals surface area contributed by atoms with Gasteiger partial charge in [-0.25, -0.2) is 0 Å². The van der Waals surface area contributed by atoms with Gasteiger partial charge in [0, 0.05) is 9.37 Å². The van der Waals surface area contributed by atoms with E-state index in [4.69, 9.17) is 9.78 Å².